The summed E-state index contributed by atoms with van der Waals surface area (Å²) in [5.74, 6) is 0.803. The van der Waals surface area contributed by atoms with Gasteiger partial charge in [-0.3, -0.25) is 4.90 Å². The molecule has 5 nitrogen and oxygen atoms in total. The molecule has 0 aromatic carbocycles. The van der Waals surface area contributed by atoms with Gasteiger partial charge in [0.15, 0.2) is 0 Å². The third-order valence-electron chi connectivity index (χ3n) is 3.42. The minimum atomic E-state index is -0.283. The summed E-state index contributed by atoms with van der Waals surface area (Å²) in [5.41, 5.74) is 0. The van der Waals surface area contributed by atoms with Crippen LogP contribution in [-0.4, -0.2) is 58.3 Å². The van der Waals surface area contributed by atoms with Crippen LogP contribution in [0.3, 0.4) is 0 Å². The maximum absolute atomic E-state index is 9.58. The topological polar surface area (TPSA) is 52.5 Å². The van der Waals surface area contributed by atoms with Crippen molar-refractivity contribution in [2.24, 2.45) is 0 Å². The van der Waals surface area contributed by atoms with Gasteiger partial charge in [0.25, 0.3) is 0 Å². The molecule has 1 aliphatic rings. The summed E-state index contributed by atoms with van der Waals surface area (Å²) in [5, 5.41) is 9.58. The number of aliphatic hydroxyl groups excluding tert-OH is 1. The quantitative estimate of drug-likeness (QED) is 0.821. The highest BCUT2D eigenvalue weighted by atomic mass is 16.3. The van der Waals surface area contributed by atoms with Crippen LogP contribution < -0.4 is 4.90 Å². The lowest BCUT2D eigenvalue weighted by atomic mass is 10.1. The molecule has 2 atom stereocenters. The SMILES string of the molecule is CC(O)C(C)N1CCN(c2ncccn2)CC1. The van der Waals surface area contributed by atoms with Crippen molar-refractivity contribution in [3.63, 3.8) is 0 Å². The zero-order valence-corrected chi connectivity index (χ0v) is 10.5. The Morgan fingerprint density at radius 2 is 1.71 bits per heavy atom. The van der Waals surface area contributed by atoms with Gasteiger partial charge in [0.1, 0.15) is 0 Å². The zero-order chi connectivity index (χ0) is 12.3. The largest absolute Gasteiger partial charge is 0.392 e. The molecule has 17 heavy (non-hydrogen) atoms. The number of anilines is 1. The number of rotatable bonds is 3. The molecule has 94 valence electrons. The highest BCUT2D eigenvalue weighted by Gasteiger charge is 2.24. The van der Waals surface area contributed by atoms with E-state index in [0.717, 1.165) is 32.1 Å². The van der Waals surface area contributed by atoms with Crippen LogP contribution in [0.2, 0.25) is 0 Å². The van der Waals surface area contributed by atoms with Gasteiger partial charge in [-0.25, -0.2) is 9.97 Å². The molecule has 0 amide bonds. The Hall–Kier alpha value is -1.20. The number of piperazine rings is 1. The first-order valence-corrected chi connectivity index (χ1v) is 6.12. The monoisotopic (exact) mass is 236 g/mol. The van der Waals surface area contributed by atoms with Gasteiger partial charge < -0.3 is 10.0 Å². The smallest absolute Gasteiger partial charge is 0.225 e. The summed E-state index contributed by atoms with van der Waals surface area (Å²) in [6.45, 7) is 7.65. The summed E-state index contributed by atoms with van der Waals surface area (Å²) < 4.78 is 0. The Labute approximate surface area is 102 Å². The number of hydrogen-bond acceptors (Lipinski definition) is 5. The predicted octanol–water partition coefficient (Wildman–Crippen LogP) is 0.368. The van der Waals surface area contributed by atoms with Crippen molar-refractivity contribution in [3.8, 4) is 0 Å². The summed E-state index contributed by atoms with van der Waals surface area (Å²) in [6.07, 6.45) is 3.26. The van der Waals surface area contributed by atoms with E-state index in [1.165, 1.54) is 0 Å². The van der Waals surface area contributed by atoms with Crippen LogP contribution in [0, 0.1) is 0 Å². The van der Waals surface area contributed by atoms with E-state index in [1.54, 1.807) is 12.4 Å². The van der Waals surface area contributed by atoms with E-state index in [9.17, 15) is 5.11 Å². The fourth-order valence-electron chi connectivity index (χ4n) is 2.09. The first kappa shape index (κ1) is 12.3. The maximum Gasteiger partial charge on any atom is 0.225 e. The molecule has 2 heterocycles. The lowest BCUT2D eigenvalue weighted by molar-refractivity contribution is 0.0670. The molecule has 1 aromatic heterocycles. The Kier molecular flexibility index (Phi) is 3.91. The highest BCUT2D eigenvalue weighted by molar-refractivity contribution is 5.29. The lowest BCUT2D eigenvalue weighted by Crippen LogP contribution is -2.52. The average Bonchev–Trinajstić information content (AvgIpc) is 2.39. The Bertz CT molecular complexity index is 336. The van der Waals surface area contributed by atoms with Crippen LogP contribution in [0.4, 0.5) is 5.95 Å². The van der Waals surface area contributed by atoms with E-state index in [2.05, 4.69) is 26.7 Å². The van der Waals surface area contributed by atoms with Crippen LogP contribution in [0.5, 0.6) is 0 Å². The van der Waals surface area contributed by atoms with E-state index < -0.39 is 0 Å². The van der Waals surface area contributed by atoms with Crippen molar-refractivity contribution in [1.29, 1.82) is 0 Å². The number of aromatic nitrogens is 2. The van der Waals surface area contributed by atoms with E-state index in [4.69, 9.17) is 0 Å². The fourth-order valence-corrected chi connectivity index (χ4v) is 2.09. The summed E-state index contributed by atoms with van der Waals surface area (Å²) in [6, 6.07) is 2.05. The van der Waals surface area contributed by atoms with Crippen molar-refractivity contribution in [2.45, 2.75) is 26.0 Å². The molecule has 1 saturated heterocycles. The van der Waals surface area contributed by atoms with E-state index in [1.807, 2.05) is 13.0 Å². The van der Waals surface area contributed by atoms with Gasteiger partial charge in [0.2, 0.25) is 5.95 Å². The van der Waals surface area contributed by atoms with Gasteiger partial charge >= 0.3 is 0 Å². The van der Waals surface area contributed by atoms with Crippen LogP contribution in [0.25, 0.3) is 0 Å². The van der Waals surface area contributed by atoms with Gasteiger partial charge in [-0.1, -0.05) is 0 Å². The lowest BCUT2D eigenvalue weighted by Gasteiger charge is -2.38. The van der Waals surface area contributed by atoms with Crippen molar-refractivity contribution in [3.05, 3.63) is 18.5 Å². The van der Waals surface area contributed by atoms with Crippen molar-refractivity contribution in [2.75, 3.05) is 31.1 Å². The second-order valence-corrected chi connectivity index (χ2v) is 4.55. The molecule has 0 bridgehead atoms. The average molecular weight is 236 g/mol. The van der Waals surface area contributed by atoms with Crippen LogP contribution >= 0.6 is 0 Å². The van der Waals surface area contributed by atoms with Gasteiger partial charge in [-0.15, -0.1) is 0 Å². The van der Waals surface area contributed by atoms with E-state index in [-0.39, 0.29) is 12.1 Å². The standard InChI is InChI=1S/C12H20N4O/c1-10(11(2)17)15-6-8-16(9-7-15)12-13-4-3-5-14-12/h3-5,10-11,17H,6-9H2,1-2H3. The molecule has 0 spiro atoms. The molecule has 1 aliphatic heterocycles. The second kappa shape index (κ2) is 5.42. The Balaban J connectivity index is 1.90. The molecule has 1 N–H and O–H groups in total. The zero-order valence-electron chi connectivity index (χ0n) is 10.5. The Morgan fingerprint density at radius 3 is 2.24 bits per heavy atom. The molecular formula is C12H20N4O. The van der Waals surface area contributed by atoms with Gasteiger partial charge in [0, 0.05) is 44.6 Å². The molecule has 0 radical (unpaired) electrons. The van der Waals surface area contributed by atoms with Crippen molar-refractivity contribution >= 4 is 5.95 Å². The fraction of sp³-hybridized carbons (Fsp3) is 0.667. The van der Waals surface area contributed by atoms with Crippen LogP contribution in [0.1, 0.15) is 13.8 Å². The molecule has 2 rings (SSSR count). The van der Waals surface area contributed by atoms with Gasteiger partial charge in [-0.05, 0) is 19.9 Å². The Morgan fingerprint density at radius 1 is 1.12 bits per heavy atom. The molecule has 0 aliphatic carbocycles. The molecule has 1 fully saturated rings. The maximum atomic E-state index is 9.58. The number of hydrogen-bond donors (Lipinski definition) is 1. The molecule has 1 aromatic rings. The third-order valence-corrected chi connectivity index (χ3v) is 3.42. The summed E-state index contributed by atoms with van der Waals surface area (Å²) in [4.78, 5) is 13.0. The van der Waals surface area contributed by atoms with Crippen molar-refractivity contribution in [1.82, 2.24) is 14.9 Å². The highest BCUT2D eigenvalue weighted by Crippen LogP contribution is 2.13. The number of nitrogens with zero attached hydrogens (tertiary/aromatic N) is 4. The van der Waals surface area contributed by atoms with Crippen LogP contribution in [-0.2, 0) is 0 Å². The minimum Gasteiger partial charge on any atom is -0.392 e. The molecule has 2 unspecified atom stereocenters. The third kappa shape index (κ3) is 2.92. The summed E-state index contributed by atoms with van der Waals surface area (Å²) >= 11 is 0. The minimum absolute atomic E-state index is 0.217. The van der Waals surface area contributed by atoms with Crippen LogP contribution in [0.15, 0.2) is 18.5 Å². The molecule has 0 saturated carbocycles. The first-order chi connectivity index (χ1) is 8.18. The van der Waals surface area contributed by atoms with E-state index >= 15 is 0 Å². The molecule has 5 heteroatoms. The normalized spacial score (nSPS) is 21.2. The van der Waals surface area contributed by atoms with Gasteiger partial charge in [0.05, 0.1) is 6.10 Å². The second-order valence-electron chi connectivity index (χ2n) is 4.55. The predicted molar refractivity (Wildman–Crippen MR) is 67.0 cm³/mol. The van der Waals surface area contributed by atoms with Crippen molar-refractivity contribution < 1.29 is 5.11 Å². The first-order valence-electron chi connectivity index (χ1n) is 6.12. The summed E-state index contributed by atoms with van der Waals surface area (Å²) in [7, 11) is 0. The van der Waals surface area contributed by atoms with Gasteiger partial charge in [-0.2, -0.15) is 0 Å². The molecular weight excluding hydrogens is 216 g/mol. The number of aliphatic hydroxyl groups is 1. The van der Waals surface area contributed by atoms with E-state index in [0.29, 0.717) is 0 Å².